The van der Waals surface area contributed by atoms with E-state index in [1.165, 1.54) is 0 Å². The maximum atomic E-state index is 6.28. The number of halogens is 1. The van der Waals surface area contributed by atoms with Gasteiger partial charge in [-0.2, -0.15) is 0 Å². The molecule has 4 nitrogen and oxygen atoms in total. The topological polar surface area (TPSA) is 39.7 Å². The first kappa shape index (κ1) is 17.1. The number of methoxy groups -OCH3 is 2. The lowest BCUT2D eigenvalue weighted by Crippen LogP contribution is -2.16. The fourth-order valence-electron chi connectivity index (χ4n) is 1.76. The molecule has 0 bridgehead atoms. The normalized spacial score (nSPS) is 10.6. The Kier molecular flexibility index (Phi) is 8.42. The monoisotopic (exact) mass is 301 g/mol. The van der Waals surface area contributed by atoms with Crippen molar-refractivity contribution in [2.45, 2.75) is 26.3 Å². The number of ether oxygens (including phenoxy) is 3. The zero-order valence-electron chi connectivity index (χ0n) is 12.5. The van der Waals surface area contributed by atoms with Crippen molar-refractivity contribution in [1.82, 2.24) is 5.32 Å². The molecule has 0 aliphatic carbocycles. The maximum absolute atomic E-state index is 6.28. The van der Waals surface area contributed by atoms with Crippen LogP contribution >= 0.6 is 11.6 Å². The lowest BCUT2D eigenvalue weighted by atomic mass is 10.2. The molecule has 1 aromatic rings. The summed E-state index contributed by atoms with van der Waals surface area (Å²) in [5, 5.41) is 4.02. The fraction of sp³-hybridized carbons (Fsp3) is 0.600. The van der Waals surface area contributed by atoms with Crippen LogP contribution in [0.3, 0.4) is 0 Å². The highest BCUT2D eigenvalue weighted by molar-refractivity contribution is 6.31. The first-order chi connectivity index (χ1) is 9.72. The van der Waals surface area contributed by atoms with Crippen molar-refractivity contribution < 1.29 is 14.2 Å². The van der Waals surface area contributed by atoms with E-state index < -0.39 is 0 Å². The summed E-state index contributed by atoms with van der Waals surface area (Å²) in [5.74, 6) is 1.42. The van der Waals surface area contributed by atoms with Crippen LogP contribution in [0.4, 0.5) is 0 Å². The zero-order chi connectivity index (χ0) is 14.8. The number of rotatable bonds is 10. The van der Waals surface area contributed by atoms with Crippen LogP contribution in [0.2, 0.25) is 5.02 Å². The van der Waals surface area contributed by atoms with E-state index in [-0.39, 0.29) is 0 Å². The first-order valence-corrected chi connectivity index (χ1v) is 7.29. The van der Waals surface area contributed by atoms with Crippen LogP contribution < -0.4 is 14.8 Å². The number of benzene rings is 1. The molecule has 0 unspecified atom stereocenters. The van der Waals surface area contributed by atoms with Crippen LogP contribution in [0.1, 0.15) is 25.3 Å². The third-order valence-corrected chi connectivity index (χ3v) is 3.16. The largest absolute Gasteiger partial charge is 0.493 e. The van der Waals surface area contributed by atoms with E-state index in [2.05, 4.69) is 12.2 Å². The van der Waals surface area contributed by atoms with Gasteiger partial charge in [-0.15, -0.1) is 0 Å². The van der Waals surface area contributed by atoms with Gasteiger partial charge in [-0.1, -0.05) is 18.5 Å². The number of nitrogens with one attached hydrogen (secondary N) is 1. The Morgan fingerprint density at radius 2 is 1.95 bits per heavy atom. The quantitative estimate of drug-likeness (QED) is 0.673. The summed E-state index contributed by atoms with van der Waals surface area (Å²) in [6.07, 6.45) is 1.92. The maximum Gasteiger partial charge on any atom is 0.162 e. The summed E-state index contributed by atoms with van der Waals surface area (Å²) in [5.41, 5.74) is 1.00. The lowest BCUT2D eigenvalue weighted by molar-refractivity contribution is 0.194. The van der Waals surface area contributed by atoms with Gasteiger partial charge in [-0.05, 0) is 31.0 Å². The Morgan fingerprint density at radius 3 is 2.60 bits per heavy atom. The van der Waals surface area contributed by atoms with Crippen LogP contribution in [0.15, 0.2) is 12.1 Å². The van der Waals surface area contributed by atoms with E-state index >= 15 is 0 Å². The number of hydrogen-bond donors (Lipinski definition) is 1. The molecule has 0 saturated carbocycles. The minimum Gasteiger partial charge on any atom is -0.493 e. The highest BCUT2D eigenvalue weighted by Gasteiger charge is 2.10. The predicted molar refractivity (Wildman–Crippen MR) is 82.0 cm³/mol. The summed E-state index contributed by atoms with van der Waals surface area (Å²) in [4.78, 5) is 0. The van der Waals surface area contributed by atoms with Crippen molar-refractivity contribution in [1.29, 1.82) is 0 Å². The molecule has 0 amide bonds. The molecule has 0 fully saturated rings. The first-order valence-electron chi connectivity index (χ1n) is 6.91. The van der Waals surface area contributed by atoms with Gasteiger partial charge in [0, 0.05) is 31.4 Å². The molecule has 0 radical (unpaired) electrons. The van der Waals surface area contributed by atoms with Crippen molar-refractivity contribution >= 4 is 11.6 Å². The molecule has 0 aliphatic rings. The van der Waals surface area contributed by atoms with Crippen molar-refractivity contribution in [2.24, 2.45) is 0 Å². The third-order valence-electron chi connectivity index (χ3n) is 2.81. The van der Waals surface area contributed by atoms with Crippen LogP contribution in [0.25, 0.3) is 0 Å². The molecule has 0 saturated heterocycles. The highest BCUT2D eigenvalue weighted by atomic mass is 35.5. The van der Waals surface area contributed by atoms with Gasteiger partial charge >= 0.3 is 0 Å². The molecule has 20 heavy (non-hydrogen) atoms. The van der Waals surface area contributed by atoms with Gasteiger partial charge < -0.3 is 19.5 Å². The number of hydrogen-bond acceptors (Lipinski definition) is 4. The van der Waals surface area contributed by atoms with Gasteiger partial charge in [0.05, 0.1) is 13.7 Å². The Balaban J connectivity index is 2.62. The minimum absolute atomic E-state index is 0.654. The summed E-state index contributed by atoms with van der Waals surface area (Å²) in [6, 6.07) is 3.75. The van der Waals surface area contributed by atoms with Gasteiger partial charge in [0.2, 0.25) is 0 Å². The molecule has 5 heteroatoms. The van der Waals surface area contributed by atoms with Gasteiger partial charge in [-0.25, -0.2) is 0 Å². The van der Waals surface area contributed by atoms with E-state index in [1.807, 2.05) is 12.1 Å². The smallest absolute Gasteiger partial charge is 0.162 e. The van der Waals surface area contributed by atoms with Crippen molar-refractivity contribution in [3.05, 3.63) is 22.7 Å². The van der Waals surface area contributed by atoms with E-state index in [0.717, 1.165) is 37.3 Å². The minimum atomic E-state index is 0.654. The molecular formula is C15H24ClNO3. The second-order valence-electron chi connectivity index (χ2n) is 4.47. The molecule has 0 atom stereocenters. The van der Waals surface area contributed by atoms with Crippen LogP contribution in [-0.4, -0.2) is 34.0 Å². The average Bonchev–Trinajstić information content (AvgIpc) is 2.46. The molecule has 0 aromatic heterocycles. The summed E-state index contributed by atoms with van der Waals surface area (Å²) < 4.78 is 16.0. The Morgan fingerprint density at radius 1 is 1.15 bits per heavy atom. The van der Waals surface area contributed by atoms with Gasteiger partial charge in [0.15, 0.2) is 11.5 Å². The summed E-state index contributed by atoms with van der Waals surface area (Å²) in [6.45, 7) is 5.06. The van der Waals surface area contributed by atoms with Crippen molar-refractivity contribution in [3.63, 3.8) is 0 Å². The van der Waals surface area contributed by atoms with Crippen molar-refractivity contribution in [3.8, 4) is 11.5 Å². The van der Waals surface area contributed by atoms with Crippen molar-refractivity contribution in [2.75, 3.05) is 34.0 Å². The SMILES string of the molecule is CCCOc1cc(Cl)c(CNCCCOC)cc1OC. The average molecular weight is 302 g/mol. The second kappa shape index (κ2) is 9.86. The molecule has 0 spiro atoms. The highest BCUT2D eigenvalue weighted by Crippen LogP contribution is 2.33. The molecule has 1 rings (SSSR count). The molecular weight excluding hydrogens is 278 g/mol. The fourth-order valence-corrected chi connectivity index (χ4v) is 1.98. The molecule has 114 valence electrons. The molecule has 0 aliphatic heterocycles. The molecule has 1 N–H and O–H groups in total. The van der Waals surface area contributed by atoms with E-state index in [9.17, 15) is 0 Å². The zero-order valence-corrected chi connectivity index (χ0v) is 13.3. The second-order valence-corrected chi connectivity index (χ2v) is 4.87. The summed E-state index contributed by atoms with van der Waals surface area (Å²) >= 11 is 6.28. The van der Waals surface area contributed by atoms with E-state index in [4.69, 9.17) is 25.8 Å². The Hall–Kier alpha value is -0.970. The predicted octanol–water partition coefficient (Wildman–Crippen LogP) is 3.26. The van der Waals surface area contributed by atoms with Gasteiger partial charge in [0.1, 0.15) is 0 Å². The van der Waals surface area contributed by atoms with Gasteiger partial charge in [0.25, 0.3) is 0 Å². The third kappa shape index (κ3) is 5.57. The summed E-state index contributed by atoms with van der Waals surface area (Å²) in [7, 11) is 3.34. The standard InChI is InChI=1S/C15H24ClNO3/c1-4-7-20-15-10-13(16)12(9-14(15)19-3)11-17-6-5-8-18-2/h9-10,17H,4-8,11H2,1-3H3. The van der Waals surface area contributed by atoms with Crippen LogP contribution in [-0.2, 0) is 11.3 Å². The van der Waals surface area contributed by atoms with Crippen LogP contribution in [0.5, 0.6) is 11.5 Å². The Bertz CT molecular complexity index is 399. The van der Waals surface area contributed by atoms with Crippen LogP contribution in [0, 0.1) is 0 Å². The van der Waals surface area contributed by atoms with E-state index in [0.29, 0.717) is 23.9 Å². The van der Waals surface area contributed by atoms with Gasteiger partial charge in [-0.3, -0.25) is 0 Å². The molecule has 0 heterocycles. The Labute approximate surface area is 126 Å². The molecule has 1 aromatic carbocycles. The lowest BCUT2D eigenvalue weighted by Gasteiger charge is -2.14. The van der Waals surface area contributed by atoms with E-state index in [1.54, 1.807) is 14.2 Å².